The molecule has 1 aromatic heterocycles. The summed E-state index contributed by atoms with van der Waals surface area (Å²) in [7, 11) is 0. The molecule has 1 heterocycles. The van der Waals surface area contributed by atoms with E-state index in [0.29, 0.717) is 0 Å². The van der Waals surface area contributed by atoms with Crippen LogP contribution in [0.1, 0.15) is 35.9 Å². The number of carbonyl (C=O) groups is 1. The first-order chi connectivity index (χ1) is 8.19. The molecule has 0 aromatic carbocycles. The lowest BCUT2D eigenvalue weighted by Gasteiger charge is -2.19. The van der Waals surface area contributed by atoms with Crippen molar-refractivity contribution in [2.75, 3.05) is 13.1 Å². The summed E-state index contributed by atoms with van der Waals surface area (Å²) in [5.74, 6) is -0.116. The Kier molecular flexibility index (Phi) is 3.74. The molecule has 1 aliphatic rings. The average Bonchev–Trinajstić information content (AvgIpc) is 3.12. The summed E-state index contributed by atoms with van der Waals surface area (Å²) < 4.78 is 0. The van der Waals surface area contributed by atoms with Crippen LogP contribution in [0, 0.1) is 5.92 Å². The van der Waals surface area contributed by atoms with Crippen LogP contribution in [0.15, 0.2) is 18.2 Å². The highest BCUT2D eigenvalue weighted by Gasteiger charge is 2.23. The Hall–Kier alpha value is -1.42. The molecule has 92 valence electrons. The lowest BCUT2D eigenvalue weighted by molar-refractivity contribution is 0.0690. The summed E-state index contributed by atoms with van der Waals surface area (Å²) >= 11 is 0. The molecule has 1 saturated carbocycles. The van der Waals surface area contributed by atoms with E-state index >= 15 is 0 Å². The molecular formula is C13H18N2O2. The van der Waals surface area contributed by atoms with Crippen molar-refractivity contribution in [3.63, 3.8) is 0 Å². The normalized spacial score (nSPS) is 15.2. The topological polar surface area (TPSA) is 53.4 Å². The molecule has 0 spiro atoms. The first-order valence-corrected chi connectivity index (χ1v) is 6.10. The van der Waals surface area contributed by atoms with E-state index in [-0.39, 0.29) is 5.69 Å². The minimum absolute atomic E-state index is 0.130. The monoisotopic (exact) mass is 234 g/mol. The number of hydrogen-bond donors (Lipinski definition) is 1. The SMILES string of the molecule is CCN(Cc1cccc(C(=O)O)n1)CC1CC1. The van der Waals surface area contributed by atoms with Crippen molar-refractivity contribution < 1.29 is 9.90 Å². The molecule has 2 rings (SSSR count). The highest BCUT2D eigenvalue weighted by molar-refractivity contribution is 5.85. The zero-order chi connectivity index (χ0) is 12.3. The van der Waals surface area contributed by atoms with Gasteiger partial charge in [-0.25, -0.2) is 9.78 Å². The van der Waals surface area contributed by atoms with E-state index in [1.165, 1.54) is 18.9 Å². The van der Waals surface area contributed by atoms with E-state index in [9.17, 15) is 4.79 Å². The summed E-state index contributed by atoms with van der Waals surface area (Å²) in [6.45, 7) is 4.96. The fraction of sp³-hybridized carbons (Fsp3) is 0.538. The number of carboxylic acid groups (broad SMARTS) is 1. The Bertz CT molecular complexity index is 402. The maximum atomic E-state index is 10.8. The van der Waals surface area contributed by atoms with Gasteiger partial charge >= 0.3 is 5.97 Å². The second kappa shape index (κ2) is 5.27. The van der Waals surface area contributed by atoms with E-state index in [0.717, 1.165) is 31.2 Å². The van der Waals surface area contributed by atoms with Crippen molar-refractivity contribution in [1.29, 1.82) is 0 Å². The molecule has 17 heavy (non-hydrogen) atoms. The standard InChI is InChI=1S/C13H18N2O2/c1-2-15(8-10-6-7-10)9-11-4-3-5-12(14-11)13(16)17/h3-5,10H,2,6-9H2,1H3,(H,16,17). The van der Waals surface area contributed by atoms with Crippen molar-refractivity contribution in [3.8, 4) is 0 Å². The predicted molar refractivity (Wildman–Crippen MR) is 64.9 cm³/mol. The molecule has 0 atom stereocenters. The van der Waals surface area contributed by atoms with Crippen LogP contribution in [0.4, 0.5) is 0 Å². The molecule has 0 amide bonds. The maximum absolute atomic E-state index is 10.8. The third kappa shape index (κ3) is 3.53. The second-order valence-electron chi connectivity index (χ2n) is 4.59. The van der Waals surface area contributed by atoms with E-state index in [1.54, 1.807) is 6.07 Å². The van der Waals surface area contributed by atoms with Gasteiger partial charge in [-0.15, -0.1) is 0 Å². The largest absolute Gasteiger partial charge is 0.477 e. The van der Waals surface area contributed by atoms with Crippen LogP contribution in [0.25, 0.3) is 0 Å². The van der Waals surface area contributed by atoms with Gasteiger partial charge in [0, 0.05) is 13.1 Å². The molecule has 4 heteroatoms. The zero-order valence-electron chi connectivity index (χ0n) is 10.1. The van der Waals surface area contributed by atoms with Crippen molar-refractivity contribution in [2.24, 2.45) is 5.92 Å². The van der Waals surface area contributed by atoms with Crippen molar-refractivity contribution in [2.45, 2.75) is 26.3 Å². The number of nitrogens with zero attached hydrogens (tertiary/aromatic N) is 2. The summed E-state index contributed by atoms with van der Waals surface area (Å²) in [4.78, 5) is 17.3. The van der Waals surface area contributed by atoms with E-state index < -0.39 is 5.97 Å². The van der Waals surface area contributed by atoms with Gasteiger partial charge in [0.15, 0.2) is 0 Å². The third-order valence-electron chi connectivity index (χ3n) is 3.07. The first-order valence-electron chi connectivity index (χ1n) is 6.10. The van der Waals surface area contributed by atoms with Gasteiger partial charge in [0.1, 0.15) is 5.69 Å². The van der Waals surface area contributed by atoms with Crippen LogP contribution in [-0.2, 0) is 6.54 Å². The number of rotatable bonds is 6. The van der Waals surface area contributed by atoms with Crippen molar-refractivity contribution in [3.05, 3.63) is 29.6 Å². The van der Waals surface area contributed by atoms with Crippen LogP contribution >= 0.6 is 0 Å². The van der Waals surface area contributed by atoms with Crippen LogP contribution in [0.2, 0.25) is 0 Å². The summed E-state index contributed by atoms with van der Waals surface area (Å²) in [5, 5.41) is 8.88. The van der Waals surface area contributed by atoms with Crippen LogP contribution in [-0.4, -0.2) is 34.0 Å². The van der Waals surface area contributed by atoms with Gasteiger partial charge in [-0.1, -0.05) is 13.0 Å². The molecule has 0 aliphatic heterocycles. The predicted octanol–water partition coefficient (Wildman–Crippen LogP) is 2.01. The lowest BCUT2D eigenvalue weighted by atomic mass is 10.2. The number of aromatic carboxylic acids is 1. The highest BCUT2D eigenvalue weighted by Crippen LogP contribution is 2.29. The maximum Gasteiger partial charge on any atom is 0.354 e. The van der Waals surface area contributed by atoms with Gasteiger partial charge in [0.2, 0.25) is 0 Å². The van der Waals surface area contributed by atoms with Gasteiger partial charge in [-0.05, 0) is 37.4 Å². The third-order valence-corrected chi connectivity index (χ3v) is 3.07. The number of hydrogen-bond acceptors (Lipinski definition) is 3. The van der Waals surface area contributed by atoms with E-state index in [1.807, 2.05) is 6.07 Å². The summed E-state index contributed by atoms with van der Waals surface area (Å²) in [6, 6.07) is 5.18. The van der Waals surface area contributed by atoms with Crippen LogP contribution in [0.5, 0.6) is 0 Å². The number of pyridine rings is 1. The van der Waals surface area contributed by atoms with E-state index in [4.69, 9.17) is 5.11 Å². The van der Waals surface area contributed by atoms with Crippen molar-refractivity contribution >= 4 is 5.97 Å². The fourth-order valence-electron chi connectivity index (χ4n) is 1.89. The number of carboxylic acids is 1. The molecule has 0 unspecified atom stereocenters. The van der Waals surface area contributed by atoms with Gasteiger partial charge in [-0.2, -0.15) is 0 Å². The Morgan fingerprint density at radius 1 is 1.53 bits per heavy atom. The van der Waals surface area contributed by atoms with Gasteiger partial charge in [-0.3, -0.25) is 4.90 Å². The second-order valence-corrected chi connectivity index (χ2v) is 4.59. The lowest BCUT2D eigenvalue weighted by Crippen LogP contribution is -2.25. The zero-order valence-corrected chi connectivity index (χ0v) is 10.1. The fourth-order valence-corrected chi connectivity index (χ4v) is 1.89. The molecular weight excluding hydrogens is 216 g/mol. The highest BCUT2D eigenvalue weighted by atomic mass is 16.4. The molecule has 1 aliphatic carbocycles. The van der Waals surface area contributed by atoms with Gasteiger partial charge in [0.05, 0.1) is 5.69 Å². The Morgan fingerprint density at radius 3 is 2.88 bits per heavy atom. The molecule has 0 bridgehead atoms. The van der Waals surface area contributed by atoms with Gasteiger partial charge < -0.3 is 5.11 Å². The van der Waals surface area contributed by atoms with E-state index in [2.05, 4.69) is 16.8 Å². The quantitative estimate of drug-likeness (QED) is 0.818. The minimum Gasteiger partial charge on any atom is -0.477 e. The average molecular weight is 234 g/mol. The van der Waals surface area contributed by atoms with Gasteiger partial charge in [0.25, 0.3) is 0 Å². The molecule has 0 radical (unpaired) electrons. The van der Waals surface area contributed by atoms with Crippen LogP contribution in [0.3, 0.4) is 0 Å². The first kappa shape index (κ1) is 12.0. The molecule has 1 fully saturated rings. The van der Waals surface area contributed by atoms with Crippen LogP contribution < -0.4 is 0 Å². The smallest absolute Gasteiger partial charge is 0.354 e. The Labute approximate surface area is 101 Å². The van der Waals surface area contributed by atoms with Crippen molar-refractivity contribution in [1.82, 2.24) is 9.88 Å². The molecule has 1 N–H and O–H groups in total. The molecule has 0 saturated heterocycles. The molecule has 1 aromatic rings. The minimum atomic E-state index is -0.961. The summed E-state index contributed by atoms with van der Waals surface area (Å²) in [6.07, 6.45) is 2.66. The molecule has 4 nitrogen and oxygen atoms in total. The summed E-state index contributed by atoms with van der Waals surface area (Å²) in [5.41, 5.74) is 0.970. The Balaban J connectivity index is 2.00. The Morgan fingerprint density at radius 2 is 2.29 bits per heavy atom. The number of aromatic nitrogens is 1.